The van der Waals surface area contributed by atoms with Crippen LogP contribution in [-0.4, -0.2) is 99.5 Å². The Morgan fingerprint density at radius 1 is 0.811 bits per heavy atom. The molecule has 0 aromatic heterocycles. The molecule has 1 aliphatic rings. The third-order valence-corrected chi connectivity index (χ3v) is 7.21. The van der Waals surface area contributed by atoms with Crippen molar-refractivity contribution in [2.24, 2.45) is 0 Å². The zero-order valence-electron chi connectivity index (χ0n) is 23.3. The molecule has 1 amide bonds. The van der Waals surface area contributed by atoms with E-state index in [0.29, 0.717) is 6.54 Å². The van der Waals surface area contributed by atoms with Crippen LogP contribution in [0.3, 0.4) is 0 Å². The zero-order valence-corrected chi connectivity index (χ0v) is 23.3. The quantitative estimate of drug-likeness (QED) is 0.134. The van der Waals surface area contributed by atoms with Crippen LogP contribution in [0.2, 0.25) is 0 Å². The van der Waals surface area contributed by atoms with Crippen molar-refractivity contribution in [1.82, 2.24) is 4.90 Å². The predicted octanol–water partition coefficient (Wildman–Crippen LogP) is 2.88. The number of ether oxygens (including phenoxy) is 2. The van der Waals surface area contributed by atoms with Gasteiger partial charge in [-0.3, -0.25) is 4.79 Å². The molecule has 1 rings (SSSR count). The molecule has 1 saturated heterocycles. The SMILES string of the molecule is CCCCCCCCCCCCCCCCCN(CC(O)COC1O[C@H](CO)[C@@H](O)[C@H](O)[C@H]1O)C(C)=O. The first-order valence-corrected chi connectivity index (χ1v) is 14.7. The second-order valence-electron chi connectivity index (χ2n) is 10.6. The topological polar surface area (TPSA) is 140 Å². The molecule has 0 spiro atoms. The number of carbonyl (C=O) groups is 1. The number of amides is 1. The van der Waals surface area contributed by atoms with Crippen molar-refractivity contribution < 1.29 is 39.8 Å². The molecule has 6 atom stereocenters. The molecule has 0 aliphatic carbocycles. The number of aliphatic hydroxyl groups excluding tert-OH is 5. The van der Waals surface area contributed by atoms with E-state index in [1.165, 1.54) is 84.0 Å². The molecule has 0 aromatic carbocycles. The van der Waals surface area contributed by atoms with E-state index in [2.05, 4.69) is 6.92 Å². The summed E-state index contributed by atoms with van der Waals surface area (Å²) in [5.41, 5.74) is 0. The summed E-state index contributed by atoms with van der Waals surface area (Å²) < 4.78 is 10.6. The molecule has 0 bridgehead atoms. The lowest BCUT2D eigenvalue weighted by atomic mass is 9.99. The number of rotatable bonds is 22. The molecule has 37 heavy (non-hydrogen) atoms. The van der Waals surface area contributed by atoms with E-state index in [0.717, 1.165) is 19.3 Å². The molecule has 1 aliphatic heterocycles. The molecule has 9 heteroatoms. The Kier molecular flexibility index (Phi) is 19.5. The summed E-state index contributed by atoms with van der Waals surface area (Å²) in [6, 6.07) is 0. The lowest BCUT2D eigenvalue weighted by molar-refractivity contribution is -0.304. The van der Waals surface area contributed by atoms with Crippen molar-refractivity contribution >= 4 is 5.91 Å². The van der Waals surface area contributed by atoms with E-state index < -0.39 is 43.4 Å². The second kappa shape index (κ2) is 21.1. The van der Waals surface area contributed by atoms with Crippen LogP contribution in [0.4, 0.5) is 0 Å². The van der Waals surface area contributed by atoms with Crippen LogP contribution in [-0.2, 0) is 14.3 Å². The third kappa shape index (κ3) is 14.8. The van der Waals surface area contributed by atoms with Gasteiger partial charge < -0.3 is 39.9 Å². The lowest BCUT2D eigenvalue weighted by Gasteiger charge is -2.39. The maximum Gasteiger partial charge on any atom is 0.219 e. The Morgan fingerprint density at radius 2 is 1.30 bits per heavy atom. The second-order valence-corrected chi connectivity index (χ2v) is 10.6. The minimum Gasteiger partial charge on any atom is -0.394 e. The van der Waals surface area contributed by atoms with Crippen molar-refractivity contribution in [3.8, 4) is 0 Å². The predicted molar refractivity (Wildman–Crippen MR) is 143 cm³/mol. The number of hydrogen-bond donors (Lipinski definition) is 5. The number of carbonyl (C=O) groups excluding carboxylic acids is 1. The summed E-state index contributed by atoms with van der Waals surface area (Å²) in [4.78, 5) is 13.6. The van der Waals surface area contributed by atoms with Gasteiger partial charge in [0, 0.05) is 20.0 Å². The van der Waals surface area contributed by atoms with E-state index in [9.17, 15) is 30.3 Å². The highest BCUT2D eigenvalue weighted by molar-refractivity contribution is 5.73. The van der Waals surface area contributed by atoms with E-state index in [4.69, 9.17) is 9.47 Å². The molecule has 5 N–H and O–H groups in total. The van der Waals surface area contributed by atoms with Crippen LogP contribution < -0.4 is 0 Å². The molecule has 220 valence electrons. The molecular formula is C28H55NO8. The van der Waals surface area contributed by atoms with Gasteiger partial charge in [-0.1, -0.05) is 96.8 Å². The zero-order chi connectivity index (χ0) is 27.5. The summed E-state index contributed by atoms with van der Waals surface area (Å²) in [5.74, 6) is -0.128. The fourth-order valence-electron chi connectivity index (χ4n) is 4.77. The fourth-order valence-corrected chi connectivity index (χ4v) is 4.77. The van der Waals surface area contributed by atoms with Crippen LogP contribution in [0.1, 0.15) is 110 Å². The van der Waals surface area contributed by atoms with Crippen LogP contribution >= 0.6 is 0 Å². The van der Waals surface area contributed by atoms with Gasteiger partial charge in [-0.25, -0.2) is 0 Å². The Bertz CT molecular complexity index is 564. The van der Waals surface area contributed by atoms with Gasteiger partial charge in [0.1, 0.15) is 24.4 Å². The Labute approximate surface area is 224 Å². The van der Waals surface area contributed by atoms with Crippen molar-refractivity contribution in [2.75, 3.05) is 26.3 Å². The van der Waals surface area contributed by atoms with Gasteiger partial charge in [-0.05, 0) is 6.42 Å². The Balaban J connectivity index is 2.10. The Hall–Kier alpha value is -0.810. The van der Waals surface area contributed by atoms with E-state index in [-0.39, 0.29) is 19.1 Å². The molecule has 0 saturated carbocycles. The minimum absolute atomic E-state index is 0.0887. The van der Waals surface area contributed by atoms with E-state index >= 15 is 0 Å². The average Bonchev–Trinajstić information content (AvgIpc) is 2.88. The molecule has 1 heterocycles. The highest BCUT2D eigenvalue weighted by atomic mass is 16.7. The first-order chi connectivity index (χ1) is 17.8. The summed E-state index contributed by atoms with van der Waals surface area (Å²) in [6.07, 6.45) is 11.2. The van der Waals surface area contributed by atoms with Gasteiger partial charge in [-0.2, -0.15) is 0 Å². The highest BCUT2D eigenvalue weighted by Crippen LogP contribution is 2.22. The van der Waals surface area contributed by atoms with Gasteiger partial charge >= 0.3 is 0 Å². The van der Waals surface area contributed by atoms with Gasteiger partial charge in [-0.15, -0.1) is 0 Å². The largest absolute Gasteiger partial charge is 0.394 e. The number of hydrogen-bond acceptors (Lipinski definition) is 8. The highest BCUT2D eigenvalue weighted by Gasteiger charge is 2.44. The Morgan fingerprint density at radius 3 is 1.76 bits per heavy atom. The molecule has 1 fully saturated rings. The smallest absolute Gasteiger partial charge is 0.219 e. The van der Waals surface area contributed by atoms with Crippen molar-refractivity contribution in [2.45, 2.75) is 147 Å². The van der Waals surface area contributed by atoms with Crippen LogP contribution in [0, 0.1) is 0 Å². The van der Waals surface area contributed by atoms with E-state index in [1.54, 1.807) is 4.90 Å². The maximum absolute atomic E-state index is 12.0. The average molecular weight is 534 g/mol. The summed E-state index contributed by atoms with van der Waals surface area (Å²) >= 11 is 0. The van der Waals surface area contributed by atoms with Gasteiger partial charge in [0.05, 0.1) is 19.3 Å². The molecule has 9 nitrogen and oxygen atoms in total. The summed E-state index contributed by atoms with van der Waals surface area (Å²) in [5, 5.41) is 49.2. The fraction of sp³-hybridized carbons (Fsp3) is 0.964. The maximum atomic E-state index is 12.0. The van der Waals surface area contributed by atoms with Crippen molar-refractivity contribution in [1.29, 1.82) is 0 Å². The van der Waals surface area contributed by atoms with Crippen molar-refractivity contribution in [3.05, 3.63) is 0 Å². The molecular weight excluding hydrogens is 478 g/mol. The van der Waals surface area contributed by atoms with Crippen LogP contribution in [0.5, 0.6) is 0 Å². The summed E-state index contributed by atoms with van der Waals surface area (Å²) in [7, 11) is 0. The van der Waals surface area contributed by atoms with Crippen molar-refractivity contribution in [3.63, 3.8) is 0 Å². The molecule has 0 aromatic rings. The van der Waals surface area contributed by atoms with Crippen LogP contribution in [0.15, 0.2) is 0 Å². The van der Waals surface area contributed by atoms with E-state index in [1.807, 2.05) is 0 Å². The first-order valence-electron chi connectivity index (χ1n) is 14.7. The molecule has 2 unspecified atom stereocenters. The lowest BCUT2D eigenvalue weighted by Crippen LogP contribution is -2.59. The summed E-state index contributed by atoms with van der Waals surface area (Å²) in [6.45, 7) is 3.59. The number of nitrogens with zero attached hydrogens (tertiary/aromatic N) is 1. The number of unbranched alkanes of at least 4 members (excludes halogenated alkanes) is 14. The normalized spacial score (nSPS) is 24.8. The first kappa shape index (κ1) is 34.2. The van der Waals surface area contributed by atoms with Gasteiger partial charge in [0.2, 0.25) is 5.91 Å². The minimum atomic E-state index is -1.54. The van der Waals surface area contributed by atoms with Gasteiger partial charge in [0.25, 0.3) is 0 Å². The van der Waals surface area contributed by atoms with Crippen LogP contribution in [0.25, 0.3) is 0 Å². The monoisotopic (exact) mass is 533 g/mol. The standard InChI is InChI=1S/C28H55NO8/c1-3-4-5-6-7-8-9-10-11-12-13-14-15-16-17-18-29(22(2)31)19-23(32)21-36-28-27(35)26(34)25(33)24(20-30)37-28/h23-28,30,32-35H,3-21H2,1-2H3/t23?,24-,25-,26+,27-,28?/m1/s1. The number of aliphatic hydroxyl groups is 5. The molecule has 0 radical (unpaired) electrons. The third-order valence-electron chi connectivity index (χ3n) is 7.21. The van der Waals surface area contributed by atoms with Gasteiger partial charge in [0.15, 0.2) is 6.29 Å².